The maximum Gasteiger partial charge on any atom is 0.317 e. The summed E-state index contributed by atoms with van der Waals surface area (Å²) in [6, 6.07) is 0.0389. The Hall–Kier alpha value is -0.770. The first-order chi connectivity index (χ1) is 6.20. The van der Waals surface area contributed by atoms with E-state index in [1.165, 1.54) is 0 Å². The number of carbonyl (C=O) groups excluding carboxylic acids is 1. The molecule has 76 valence electrons. The number of urea groups is 1. The van der Waals surface area contributed by atoms with Crippen molar-refractivity contribution in [2.24, 2.45) is 5.92 Å². The van der Waals surface area contributed by atoms with E-state index in [-0.39, 0.29) is 6.03 Å². The number of morpholine rings is 1. The van der Waals surface area contributed by atoms with Crippen LogP contribution in [0.4, 0.5) is 4.79 Å². The molecule has 1 aliphatic rings. The molecule has 4 nitrogen and oxygen atoms in total. The van der Waals surface area contributed by atoms with Gasteiger partial charge in [0.1, 0.15) is 0 Å². The van der Waals surface area contributed by atoms with E-state index in [1.54, 1.807) is 4.90 Å². The molecule has 1 heterocycles. The molecule has 0 radical (unpaired) electrons. The third-order valence-corrected chi connectivity index (χ3v) is 1.96. The molecule has 1 rings (SSSR count). The molecular weight excluding hydrogens is 168 g/mol. The highest BCUT2D eigenvalue weighted by Gasteiger charge is 2.15. The van der Waals surface area contributed by atoms with Crippen LogP contribution in [0.1, 0.15) is 13.8 Å². The Labute approximate surface area is 79.2 Å². The lowest BCUT2D eigenvalue weighted by atomic mass is 10.2. The van der Waals surface area contributed by atoms with Gasteiger partial charge >= 0.3 is 6.03 Å². The number of hydrogen-bond acceptors (Lipinski definition) is 2. The molecule has 0 bridgehead atoms. The van der Waals surface area contributed by atoms with Crippen molar-refractivity contribution < 1.29 is 9.53 Å². The van der Waals surface area contributed by atoms with Crippen LogP contribution >= 0.6 is 0 Å². The van der Waals surface area contributed by atoms with Gasteiger partial charge in [-0.15, -0.1) is 0 Å². The van der Waals surface area contributed by atoms with Crippen molar-refractivity contribution in [3.8, 4) is 0 Å². The van der Waals surface area contributed by atoms with E-state index < -0.39 is 0 Å². The number of rotatable bonds is 2. The van der Waals surface area contributed by atoms with Crippen molar-refractivity contribution in [1.29, 1.82) is 0 Å². The van der Waals surface area contributed by atoms with Gasteiger partial charge in [-0.3, -0.25) is 0 Å². The van der Waals surface area contributed by atoms with Crippen LogP contribution in [0.3, 0.4) is 0 Å². The van der Waals surface area contributed by atoms with Crippen molar-refractivity contribution in [2.45, 2.75) is 13.8 Å². The summed E-state index contributed by atoms with van der Waals surface area (Å²) < 4.78 is 5.15. The molecular formula is C9H18N2O2. The summed E-state index contributed by atoms with van der Waals surface area (Å²) in [6.07, 6.45) is 0. The molecule has 1 aliphatic heterocycles. The van der Waals surface area contributed by atoms with Gasteiger partial charge in [0.25, 0.3) is 0 Å². The summed E-state index contributed by atoms with van der Waals surface area (Å²) in [4.78, 5) is 13.3. The van der Waals surface area contributed by atoms with Gasteiger partial charge in [0.2, 0.25) is 0 Å². The summed E-state index contributed by atoms with van der Waals surface area (Å²) in [6.45, 7) is 7.66. The number of hydrogen-bond donors (Lipinski definition) is 1. The van der Waals surface area contributed by atoms with E-state index in [9.17, 15) is 4.79 Å². The van der Waals surface area contributed by atoms with Crippen LogP contribution in [-0.2, 0) is 4.74 Å². The zero-order valence-corrected chi connectivity index (χ0v) is 8.38. The van der Waals surface area contributed by atoms with Crippen molar-refractivity contribution in [3.05, 3.63) is 0 Å². The molecule has 0 atom stereocenters. The first kappa shape index (κ1) is 10.3. The van der Waals surface area contributed by atoms with Crippen LogP contribution in [0.25, 0.3) is 0 Å². The molecule has 1 N–H and O–H groups in total. The molecule has 0 saturated carbocycles. The van der Waals surface area contributed by atoms with E-state index in [0.717, 1.165) is 6.54 Å². The van der Waals surface area contributed by atoms with Gasteiger partial charge in [-0.2, -0.15) is 0 Å². The van der Waals surface area contributed by atoms with Gasteiger partial charge in [0.15, 0.2) is 0 Å². The van der Waals surface area contributed by atoms with Gasteiger partial charge in [0.05, 0.1) is 13.2 Å². The van der Waals surface area contributed by atoms with E-state index in [4.69, 9.17) is 4.74 Å². The minimum absolute atomic E-state index is 0.0389. The predicted molar refractivity (Wildman–Crippen MR) is 50.6 cm³/mol. The highest BCUT2D eigenvalue weighted by molar-refractivity contribution is 5.74. The van der Waals surface area contributed by atoms with Crippen LogP contribution in [-0.4, -0.2) is 43.8 Å². The number of nitrogens with one attached hydrogen (secondary N) is 1. The highest BCUT2D eigenvalue weighted by atomic mass is 16.5. The molecule has 0 aromatic rings. The van der Waals surface area contributed by atoms with Crippen LogP contribution in [0.2, 0.25) is 0 Å². The third-order valence-electron chi connectivity index (χ3n) is 1.96. The summed E-state index contributed by atoms with van der Waals surface area (Å²) in [5, 5.41) is 2.88. The molecule has 0 aliphatic carbocycles. The summed E-state index contributed by atoms with van der Waals surface area (Å²) in [7, 11) is 0. The van der Waals surface area contributed by atoms with E-state index >= 15 is 0 Å². The standard InChI is InChI=1S/C9H18N2O2/c1-8(2)7-10-9(12)11-3-5-13-6-4-11/h8H,3-7H2,1-2H3,(H,10,12). The topological polar surface area (TPSA) is 41.6 Å². The smallest absolute Gasteiger partial charge is 0.317 e. The molecule has 0 unspecified atom stereocenters. The first-order valence-electron chi connectivity index (χ1n) is 4.80. The molecule has 0 aromatic heterocycles. The summed E-state index contributed by atoms with van der Waals surface area (Å²) in [5.41, 5.74) is 0. The number of nitrogens with zero attached hydrogens (tertiary/aromatic N) is 1. The zero-order chi connectivity index (χ0) is 9.68. The predicted octanol–water partition coefficient (Wildman–Crippen LogP) is 0.684. The Morgan fingerprint density at radius 3 is 2.62 bits per heavy atom. The second-order valence-electron chi connectivity index (χ2n) is 3.68. The molecule has 1 fully saturated rings. The second-order valence-corrected chi connectivity index (χ2v) is 3.68. The fourth-order valence-electron chi connectivity index (χ4n) is 1.17. The minimum atomic E-state index is 0.0389. The maximum absolute atomic E-state index is 11.5. The summed E-state index contributed by atoms with van der Waals surface area (Å²) in [5.74, 6) is 0.505. The molecule has 4 heteroatoms. The van der Waals surface area contributed by atoms with E-state index in [0.29, 0.717) is 32.2 Å². The van der Waals surface area contributed by atoms with Gasteiger partial charge in [-0.05, 0) is 5.92 Å². The van der Waals surface area contributed by atoms with Crippen molar-refractivity contribution in [2.75, 3.05) is 32.8 Å². The Kier molecular flexibility index (Phi) is 4.02. The number of amides is 2. The molecule has 1 saturated heterocycles. The minimum Gasteiger partial charge on any atom is -0.378 e. The van der Waals surface area contributed by atoms with Crippen molar-refractivity contribution in [3.63, 3.8) is 0 Å². The largest absolute Gasteiger partial charge is 0.378 e. The van der Waals surface area contributed by atoms with Crippen molar-refractivity contribution in [1.82, 2.24) is 10.2 Å². The lowest BCUT2D eigenvalue weighted by Crippen LogP contribution is -2.46. The van der Waals surface area contributed by atoms with Crippen LogP contribution in [0, 0.1) is 5.92 Å². The maximum atomic E-state index is 11.5. The third kappa shape index (κ3) is 3.63. The fraction of sp³-hybridized carbons (Fsp3) is 0.889. The Balaban J connectivity index is 2.21. The van der Waals surface area contributed by atoms with Crippen LogP contribution in [0.5, 0.6) is 0 Å². The average molecular weight is 186 g/mol. The van der Waals surface area contributed by atoms with E-state index in [2.05, 4.69) is 19.2 Å². The van der Waals surface area contributed by atoms with Gasteiger partial charge < -0.3 is 15.0 Å². The first-order valence-corrected chi connectivity index (χ1v) is 4.80. The Morgan fingerprint density at radius 1 is 1.46 bits per heavy atom. The Morgan fingerprint density at radius 2 is 2.08 bits per heavy atom. The van der Waals surface area contributed by atoms with Gasteiger partial charge in [-0.25, -0.2) is 4.79 Å². The monoisotopic (exact) mass is 186 g/mol. The lowest BCUT2D eigenvalue weighted by molar-refractivity contribution is 0.0531. The Bertz CT molecular complexity index is 165. The van der Waals surface area contributed by atoms with Crippen molar-refractivity contribution >= 4 is 6.03 Å². The SMILES string of the molecule is CC(C)CNC(=O)N1CCOCC1. The van der Waals surface area contributed by atoms with Crippen LogP contribution in [0.15, 0.2) is 0 Å². The average Bonchev–Trinajstić information content (AvgIpc) is 2.15. The van der Waals surface area contributed by atoms with Crippen LogP contribution < -0.4 is 5.32 Å². The zero-order valence-electron chi connectivity index (χ0n) is 8.38. The molecule has 13 heavy (non-hydrogen) atoms. The normalized spacial score (nSPS) is 17.6. The van der Waals surface area contributed by atoms with Gasteiger partial charge in [0, 0.05) is 19.6 Å². The van der Waals surface area contributed by atoms with E-state index in [1.807, 2.05) is 0 Å². The number of carbonyl (C=O) groups is 1. The second kappa shape index (κ2) is 5.07. The summed E-state index contributed by atoms with van der Waals surface area (Å²) >= 11 is 0. The highest BCUT2D eigenvalue weighted by Crippen LogP contribution is 1.97. The van der Waals surface area contributed by atoms with Gasteiger partial charge in [-0.1, -0.05) is 13.8 Å². The lowest BCUT2D eigenvalue weighted by Gasteiger charge is -2.27. The fourth-order valence-corrected chi connectivity index (χ4v) is 1.17. The molecule has 0 spiro atoms. The molecule has 0 aromatic carbocycles. The quantitative estimate of drug-likeness (QED) is 0.689. The molecule has 2 amide bonds. The number of ether oxygens (including phenoxy) is 1.